The molecule has 182 valence electrons. The zero-order valence-electron chi connectivity index (χ0n) is 21.1. The largest absolute Gasteiger partial charge is 0.417 e. The van der Waals surface area contributed by atoms with Gasteiger partial charge < -0.3 is 9.64 Å². The van der Waals surface area contributed by atoms with E-state index in [2.05, 4.69) is 85.4 Å². The van der Waals surface area contributed by atoms with Crippen molar-refractivity contribution in [2.24, 2.45) is 0 Å². The molecule has 0 aliphatic carbocycles. The number of likely N-dealkylation sites (tertiary alicyclic amines) is 1. The summed E-state index contributed by atoms with van der Waals surface area (Å²) in [5.74, 6) is 1.04. The molecule has 2 heterocycles. The van der Waals surface area contributed by atoms with E-state index in [4.69, 9.17) is 4.74 Å². The van der Waals surface area contributed by atoms with Crippen LogP contribution in [0.2, 0.25) is 0 Å². The Balaban J connectivity index is 1.27. The zero-order chi connectivity index (χ0) is 24.6. The van der Waals surface area contributed by atoms with Crippen LogP contribution in [0, 0.1) is 0 Å². The predicted octanol–water partition coefficient (Wildman–Crippen LogP) is 6.40. The minimum absolute atomic E-state index is 0.00327. The van der Waals surface area contributed by atoms with Gasteiger partial charge in [0.1, 0.15) is 5.75 Å². The molecule has 1 N–H and O–H groups in total. The van der Waals surface area contributed by atoms with Crippen LogP contribution in [0.3, 0.4) is 0 Å². The standard InChI is InChI=1S/C30H35N3O2/c1-21(2)23-10-12-24(13-11-23)31-29(34)35-25-14-15-27-26(20-25)30(3)17-19-33(28(30)32(27)4)18-16-22-8-6-5-7-9-22/h5-15,20-21,28H,16-19H2,1-4H3,(H,31,34)/t28?,30-/m0/s1. The van der Waals surface area contributed by atoms with Crippen LogP contribution in [0.15, 0.2) is 72.8 Å². The van der Waals surface area contributed by atoms with E-state index in [1.54, 1.807) is 0 Å². The number of fused-ring (bicyclic) bond motifs is 3. The number of hydrogen-bond acceptors (Lipinski definition) is 4. The average Bonchev–Trinajstić information content (AvgIpc) is 3.30. The molecule has 0 spiro atoms. The summed E-state index contributed by atoms with van der Waals surface area (Å²) in [5.41, 5.74) is 5.84. The van der Waals surface area contributed by atoms with Gasteiger partial charge in [-0.15, -0.1) is 0 Å². The molecule has 3 aromatic rings. The maximum atomic E-state index is 12.6. The van der Waals surface area contributed by atoms with E-state index in [-0.39, 0.29) is 5.41 Å². The topological polar surface area (TPSA) is 44.8 Å². The van der Waals surface area contributed by atoms with Gasteiger partial charge in [0, 0.05) is 36.9 Å². The van der Waals surface area contributed by atoms with Crippen LogP contribution >= 0.6 is 0 Å². The summed E-state index contributed by atoms with van der Waals surface area (Å²) in [7, 11) is 2.18. The van der Waals surface area contributed by atoms with E-state index in [9.17, 15) is 4.79 Å². The number of amides is 1. The van der Waals surface area contributed by atoms with Crippen LogP contribution < -0.4 is 15.0 Å². The first-order chi connectivity index (χ1) is 16.8. The normalized spacial score (nSPS) is 21.2. The minimum atomic E-state index is -0.466. The quantitative estimate of drug-likeness (QED) is 0.454. The molecule has 1 saturated heterocycles. The lowest BCUT2D eigenvalue weighted by molar-refractivity contribution is 0.215. The molecule has 2 aliphatic rings. The van der Waals surface area contributed by atoms with Gasteiger partial charge in [0.25, 0.3) is 0 Å². The maximum Gasteiger partial charge on any atom is 0.417 e. The molecule has 35 heavy (non-hydrogen) atoms. The first kappa shape index (κ1) is 23.4. The molecular formula is C30H35N3O2. The molecule has 0 aromatic heterocycles. The Kier molecular flexibility index (Phi) is 6.28. The fourth-order valence-electron chi connectivity index (χ4n) is 5.80. The average molecular weight is 470 g/mol. The van der Waals surface area contributed by atoms with Crippen molar-refractivity contribution in [1.29, 1.82) is 0 Å². The first-order valence-electron chi connectivity index (χ1n) is 12.6. The van der Waals surface area contributed by atoms with Crippen molar-refractivity contribution in [3.63, 3.8) is 0 Å². The predicted molar refractivity (Wildman–Crippen MR) is 142 cm³/mol. The molecule has 5 heteroatoms. The number of nitrogens with one attached hydrogen (secondary N) is 1. The van der Waals surface area contributed by atoms with E-state index in [0.29, 0.717) is 17.8 Å². The Hall–Kier alpha value is -3.31. The van der Waals surface area contributed by atoms with Crippen molar-refractivity contribution >= 4 is 17.5 Å². The molecule has 2 aliphatic heterocycles. The molecule has 2 atom stereocenters. The van der Waals surface area contributed by atoms with E-state index in [1.165, 1.54) is 22.4 Å². The Morgan fingerprint density at radius 3 is 2.54 bits per heavy atom. The number of anilines is 2. The number of nitrogens with zero attached hydrogens (tertiary/aromatic N) is 2. The van der Waals surface area contributed by atoms with Crippen LogP contribution in [0.5, 0.6) is 5.75 Å². The van der Waals surface area contributed by atoms with Gasteiger partial charge >= 0.3 is 6.09 Å². The highest BCUT2D eigenvalue weighted by Crippen LogP contribution is 2.52. The van der Waals surface area contributed by atoms with Crippen LogP contribution in [-0.2, 0) is 11.8 Å². The van der Waals surface area contributed by atoms with Gasteiger partial charge in [-0.1, -0.05) is 63.2 Å². The lowest BCUT2D eigenvalue weighted by atomic mass is 9.81. The summed E-state index contributed by atoms with van der Waals surface area (Å²) in [6, 6.07) is 24.7. The van der Waals surface area contributed by atoms with Gasteiger partial charge in [0.2, 0.25) is 0 Å². The van der Waals surface area contributed by atoms with Gasteiger partial charge in [0.05, 0.1) is 6.17 Å². The highest BCUT2D eigenvalue weighted by molar-refractivity contribution is 5.86. The molecule has 0 bridgehead atoms. The summed E-state index contributed by atoms with van der Waals surface area (Å²) >= 11 is 0. The number of rotatable bonds is 6. The van der Waals surface area contributed by atoms with Crippen LogP contribution in [0.4, 0.5) is 16.2 Å². The van der Waals surface area contributed by atoms with Gasteiger partial charge in [-0.25, -0.2) is 4.79 Å². The molecule has 5 rings (SSSR count). The second kappa shape index (κ2) is 9.38. The zero-order valence-corrected chi connectivity index (χ0v) is 21.1. The molecule has 0 radical (unpaired) electrons. The SMILES string of the molecule is CC(C)c1ccc(NC(=O)Oc2ccc3c(c2)[C@]2(C)CCN(CCc4ccccc4)C2N3C)cc1. The molecule has 0 saturated carbocycles. The number of carbonyl (C=O) groups is 1. The maximum absolute atomic E-state index is 12.6. The third-order valence-electron chi connectivity index (χ3n) is 7.73. The number of likely N-dealkylation sites (N-methyl/N-ethyl adjacent to an activating group) is 1. The molecule has 5 nitrogen and oxygen atoms in total. The Labute approximate surface area is 208 Å². The van der Waals surface area contributed by atoms with Crippen molar-refractivity contribution in [2.75, 3.05) is 30.4 Å². The lowest BCUT2D eigenvalue weighted by Gasteiger charge is -2.34. The highest BCUT2D eigenvalue weighted by Gasteiger charge is 2.53. The minimum Gasteiger partial charge on any atom is -0.410 e. The third-order valence-corrected chi connectivity index (χ3v) is 7.73. The van der Waals surface area contributed by atoms with Gasteiger partial charge in [-0.3, -0.25) is 10.2 Å². The smallest absolute Gasteiger partial charge is 0.410 e. The molecule has 1 unspecified atom stereocenters. The van der Waals surface area contributed by atoms with E-state index < -0.39 is 6.09 Å². The molecule has 1 fully saturated rings. The van der Waals surface area contributed by atoms with Gasteiger partial charge in [0.15, 0.2) is 0 Å². The van der Waals surface area contributed by atoms with Crippen molar-refractivity contribution in [3.05, 3.63) is 89.5 Å². The number of benzene rings is 3. The fraction of sp³-hybridized carbons (Fsp3) is 0.367. The van der Waals surface area contributed by atoms with Crippen molar-refractivity contribution in [2.45, 2.75) is 51.1 Å². The Morgan fingerprint density at radius 2 is 1.83 bits per heavy atom. The van der Waals surface area contributed by atoms with E-state index in [0.717, 1.165) is 31.6 Å². The monoisotopic (exact) mass is 469 g/mol. The Bertz CT molecular complexity index is 1190. The second-order valence-corrected chi connectivity index (χ2v) is 10.4. The summed E-state index contributed by atoms with van der Waals surface area (Å²) in [5, 5.41) is 2.85. The van der Waals surface area contributed by atoms with Gasteiger partial charge in [-0.2, -0.15) is 0 Å². The van der Waals surface area contributed by atoms with E-state index >= 15 is 0 Å². The second-order valence-electron chi connectivity index (χ2n) is 10.4. The summed E-state index contributed by atoms with van der Waals surface area (Å²) in [6.45, 7) is 8.75. The molecule has 3 aromatic carbocycles. The lowest BCUT2D eigenvalue weighted by Crippen LogP contribution is -2.47. The van der Waals surface area contributed by atoms with Crippen LogP contribution in [0.25, 0.3) is 0 Å². The first-order valence-corrected chi connectivity index (χ1v) is 12.6. The van der Waals surface area contributed by atoms with Crippen molar-refractivity contribution in [1.82, 2.24) is 4.90 Å². The van der Waals surface area contributed by atoms with E-state index in [1.807, 2.05) is 30.3 Å². The van der Waals surface area contributed by atoms with Crippen molar-refractivity contribution < 1.29 is 9.53 Å². The fourth-order valence-corrected chi connectivity index (χ4v) is 5.80. The van der Waals surface area contributed by atoms with Crippen LogP contribution in [0.1, 0.15) is 49.8 Å². The Morgan fingerprint density at radius 1 is 1.09 bits per heavy atom. The number of carbonyl (C=O) groups excluding carboxylic acids is 1. The number of hydrogen-bond donors (Lipinski definition) is 1. The van der Waals surface area contributed by atoms with Crippen LogP contribution in [-0.4, -0.2) is 37.3 Å². The summed E-state index contributed by atoms with van der Waals surface area (Å²) in [6.07, 6.45) is 1.97. The molecule has 1 amide bonds. The highest BCUT2D eigenvalue weighted by atomic mass is 16.6. The summed E-state index contributed by atoms with van der Waals surface area (Å²) < 4.78 is 5.70. The van der Waals surface area contributed by atoms with Gasteiger partial charge in [-0.05, 0) is 65.8 Å². The molecular weight excluding hydrogens is 434 g/mol. The third kappa shape index (κ3) is 4.53. The van der Waals surface area contributed by atoms with Crippen molar-refractivity contribution in [3.8, 4) is 5.75 Å². The summed E-state index contributed by atoms with van der Waals surface area (Å²) in [4.78, 5) is 17.6. The number of ether oxygens (including phenoxy) is 1.